The van der Waals surface area contributed by atoms with Gasteiger partial charge in [0.25, 0.3) is 15.9 Å². The molecule has 3 aromatic carbocycles. The number of carbonyl (C=O) groups excluding carboxylic acids is 1. The molecule has 9 heteroatoms. The van der Waals surface area contributed by atoms with Gasteiger partial charge < -0.3 is 19.5 Å². The second-order valence-electron chi connectivity index (χ2n) is 7.72. The molecule has 0 saturated heterocycles. The topological polar surface area (TPSA) is 94.2 Å². The average molecular weight is 467 g/mol. The summed E-state index contributed by atoms with van der Waals surface area (Å²) in [5, 5.41) is 2.85. The Hall–Kier alpha value is -3.72. The predicted molar refractivity (Wildman–Crippen MR) is 123 cm³/mol. The summed E-state index contributed by atoms with van der Waals surface area (Å²) >= 11 is 0. The van der Waals surface area contributed by atoms with Crippen LogP contribution < -0.4 is 23.8 Å². The Labute approximate surface area is 191 Å². The molecule has 1 N–H and O–H groups in total. The summed E-state index contributed by atoms with van der Waals surface area (Å²) in [6.07, 6.45) is 1.48. The van der Waals surface area contributed by atoms with Crippen molar-refractivity contribution in [2.24, 2.45) is 0 Å². The van der Waals surface area contributed by atoms with Crippen LogP contribution in [0.2, 0.25) is 0 Å². The molecular weight excluding hydrogens is 444 g/mol. The van der Waals surface area contributed by atoms with Crippen molar-refractivity contribution in [3.05, 3.63) is 71.8 Å². The van der Waals surface area contributed by atoms with E-state index in [9.17, 15) is 13.2 Å². The molecule has 5 rings (SSSR count). The summed E-state index contributed by atoms with van der Waals surface area (Å²) in [7, 11) is -2.24. The number of ether oxygens (including phenoxy) is 3. The average Bonchev–Trinajstić information content (AvgIpc) is 3.31. The molecule has 0 bridgehead atoms. The number of fused-ring (bicyclic) bond motifs is 2. The molecule has 0 radical (unpaired) electrons. The zero-order valence-electron chi connectivity index (χ0n) is 17.9. The van der Waals surface area contributed by atoms with Gasteiger partial charge in [0.2, 0.25) is 6.79 Å². The summed E-state index contributed by atoms with van der Waals surface area (Å²) in [4.78, 5) is 13.0. The number of aryl methyl sites for hydroxylation is 1. The second-order valence-corrected chi connectivity index (χ2v) is 9.58. The molecule has 0 atom stereocenters. The molecule has 1 amide bonds. The highest BCUT2D eigenvalue weighted by molar-refractivity contribution is 7.92. The van der Waals surface area contributed by atoms with Gasteiger partial charge in [-0.2, -0.15) is 0 Å². The number of methoxy groups -OCH3 is 1. The Morgan fingerprint density at radius 1 is 1.00 bits per heavy atom. The second kappa shape index (κ2) is 8.32. The van der Waals surface area contributed by atoms with Crippen LogP contribution >= 0.6 is 0 Å². The number of hydrogen-bond donors (Lipinski definition) is 1. The first kappa shape index (κ1) is 21.1. The van der Waals surface area contributed by atoms with Gasteiger partial charge in [0.05, 0.1) is 17.7 Å². The third kappa shape index (κ3) is 3.95. The SMILES string of the molecule is COc1ccc(S(=O)(=O)N2CCCc3ccc(NC(=O)c4ccc5c(c4)OCO5)cc32)cc1. The van der Waals surface area contributed by atoms with E-state index < -0.39 is 10.0 Å². The van der Waals surface area contributed by atoms with Crippen molar-refractivity contribution in [1.29, 1.82) is 0 Å². The van der Waals surface area contributed by atoms with Gasteiger partial charge in [-0.05, 0) is 73.0 Å². The van der Waals surface area contributed by atoms with Gasteiger partial charge in [-0.25, -0.2) is 8.42 Å². The molecule has 0 aromatic heterocycles. The van der Waals surface area contributed by atoms with Crippen molar-refractivity contribution in [3.63, 3.8) is 0 Å². The molecule has 0 unspecified atom stereocenters. The molecule has 0 spiro atoms. The third-order valence-corrected chi connectivity index (χ3v) is 7.53. The summed E-state index contributed by atoms with van der Waals surface area (Å²) < 4.78 is 43.9. The molecule has 33 heavy (non-hydrogen) atoms. The van der Waals surface area contributed by atoms with Crippen molar-refractivity contribution >= 4 is 27.3 Å². The van der Waals surface area contributed by atoms with E-state index in [0.29, 0.717) is 47.2 Å². The van der Waals surface area contributed by atoms with Gasteiger partial charge in [0.15, 0.2) is 11.5 Å². The van der Waals surface area contributed by atoms with E-state index in [-0.39, 0.29) is 17.6 Å². The highest BCUT2D eigenvalue weighted by Gasteiger charge is 2.29. The molecule has 0 aliphatic carbocycles. The van der Waals surface area contributed by atoms with E-state index >= 15 is 0 Å². The van der Waals surface area contributed by atoms with Crippen LogP contribution in [0.4, 0.5) is 11.4 Å². The van der Waals surface area contributed by atoms with Crippen LogP contribution in [-0.2, 0) is 16.4 Å². The number of nitrogens with one attached hydrogen (secondary N) is 1. The van der Waals surface area contributed by atoms with Crippen molar-refractivity contribution in [2.45, 2.75) is 17.7 Å². The van der Waals surface area contributed by atoms with Gasteiger partial charge in [-0.3, -0.25) is 9.10 Å². The quantitative estimate of drug-likeness (QED) is 0.615. The highest BCUT2D eigenvalue weighted by atomic mass is 32.2. The molecule has 2 aliphatic rings. The van der Waals surface area contributed by atoms with Crippen LogP contribution in [0.1, 0.15) is 22.3 Å². The number of rotatable bonds is 5. The van der Waals surface area contributed by atoms with E-state index in [1.54, 1.807) is 42.5 Å². The van der Waals surface area contributed by atoms with Crippen LogP contribution in [0.25, 0.3) is 0 Å². The standard InChI is InChI=1S/C24H22N2O6S/c1-30-19-7-9-20(10-8-19)33(28,29)26-12-2-3-16-4-6-18(14-21(16)26)25-24(27)17-5-11-22-23(13-17)32-15-31-22/h4-11,13-14H,2-3,12,15H2,1H3,(H,25,27). The Morgan fingerprint density at radius 2 is 1.79 bits per heavy atom. The maximum atomic E-state index is 13.4. The number of nitrogens with zero attached hydrogens (tertiary/aromatic N) is 1. The molecule has 8 nitrogen and oxygen atoms in total. The Kier molecular flexibility index (Phi) is 5.33. The zero-order valence-corrected chi connectivity index (χ0v) is 18.7. The highest BCUT2D eigenvalue weighted by Crippen LogP contribution is 2.35. The Bertz CT molecular complexity index is 1320. The minimum atomic E-state index is -3.77. The number of sulfonamides is 1. The number of carbonyl (C=O) groups is 1. The molecule has 2 aliphatic heterocycles. The summed E-state index contributed by atoms with van der Waals surface area (Å²) in [5.41, 5.74) is 2.41. The lowest BCUT2D eigenvalue weighted by Crippen LogP contribution is -2.35. The molecule has 2 heterocycles. The molecule has 0 saturated carbocycles. The normalized spacial score (nSPS) is 14.5. The lowest BCUT2D eigenvalue weighted by atomic mass is 10.0. The fourth-order valence-corrected chi connectivity index (χ4v) is 5.52. The third-order valence-electron chi connectivity index (χ3n) is 5.70. The van der Waals surface area contributed by atoms with E-state index in [1.165, 1.54) is 23.5 Å². The van der Waals surface area contributed by atoms with Crippen molar-refractivity contribution in [1.82, 2.24) is 0 Å². The Morgan fingerprint density at radius 3 is 2.58 bits per heavy atom. The minimum Gasteiger partial charge on any atom is -0.497 e. The van der Waals surface area contributed by atoms with Crippen molar-refractivity contribution in [3.8, 4) is 17.2 Å². The van der Waals surface area contributed by atoms with Crippen molar-refractivity contribution in [2.75, 3.05) is 30.1 Å². The van der Waals surface area contributed by atoms with E-state index in [0.717, 1.165) is 12.0 Å². The maximum absolute atomic E-state index is 13.4. The summed E-state index contributed by atoms with van der Waals surface area (Å²) in [5.74, 6) is 1.37. The number of benzene rings is 3. The first-order chi connectivity index (χ1) is 16.0. The molecule has 0 fully saturated rings. The van der Waals surface area contributed by atoms with Crippen LogP contribution in [-0.4, -0.2) is 34.8 Å². The fraction of sp³-hybridized carbons (Fsp3) is 0.208. The van der Waals surface area contributed by atoms with E-state index in [1.807, 2.05) is 6.07 Å². The number of amides is 1. The predicted octanol–water partition coefficient (Wildman–Crippen LogP) is 3.82. The van der Waals surface area contributed by atoms with Gasteiger partial charge in [-0.15, -0.1) is 0 Å². The van der Waals surface area contributed by atoms with E-state index in [2.05, 4.69) is 5.32 Å². The van der Waals surface area contributed by atoms with E-state index in [4.69, 9.17) is 14.2 Å². The van der Waals surface area contributed by atoms with Gasteiger partial charge in [-0.1, -0.05) is 6.07 Å². The minimum absolute atomic E-state index is 0.129. The van der Waals surface area contributed by atoms with Gasteiger partial charge in [0.1, 0.15) is 5.75 Å². The first-order valence-corrected chi connectivity index (χ1v) is 11.9. The fourth-order valence-electron chi connectivity index (χ4n) is 3.98. The first-order valence-electron chi connectivity index (χ1n) is 10.5. The smallest absolute Gasteiger partial charge is 0.264 e. The summed E-state index contributed by atoms with van der Waals surface area (Å²) in [6.45, 7) is 0.491. The molecule has 3 aromatic rings. The van der Waals surface area contributed by atoms with Crippen molar-refractivity contribution < 1.29 is 27.4 Å². The zero-order chi connectivity index (χ0) is 23.0. The molecule has 170 valence electrons. The number of anilines is 2. The van der Waals surface area contributed by atoms with Crippen LogP contribution in [0.5, 0.6) is 17.2 Å². The van der Waals surface area contributed by atoms with Crippen LogP contribution in [0.15, 0.2) is 65.6 Å². The monoisotopic (exact) mass is 466 g/mol. The largest absolute Gasteiger partial charge is 0.497 e. The van der Waals surface area contributed by atoms with Crippen LogP contribution in [0, 0.1) is 0 Å². The van der Waals surface area contributed by atoms with Gasteiger partial charge in [0, 0.05) is 17.8 Å². The van der Waals surface area contributed by atoms with Crippen LogP contribution in [0.3, 0.4) is 0 Å². The molecular formula is C24H22N2O6S. The Balaban J connectivity index is 1.43. The lowest BCUT2D eigenvalue weighted by molar-refractivity contribution is 0.102. The number of hydrogen-bond acceptors (Lipinski definition) is 6. The maximum Gasteiger partial charge on any atom is 0.264 e. The lowest BCUT2D eigenvalue weighted by Gasteiger charge is -2.31. The summed E-state index contributed by atoms with van der Waals surface area (Å²) in [6, 6.07) is 16.6. The van der Waals surface area contributed by atoms with Gasteiger partial charge >= 0.3 is 0 Å².